The lowest BCUT2D eigenvalue weighted by Gasteiger charge is -2.07. The monoisotopic (exact) mass is 259 g/mol. The fourth-order valence-electron chi connectivity index (χ4n) is 2.34. The summed E-state index contributed by atoms with van der Waals surface area (Å²) in [6.07, 6.45) is 3.48. The van der Waals surface area contributed by atoms with Gasteiger partial charge < -0.3 is 9.88 Å². The maximum Gasteiger partial charge on any atom is 0.109 e. The maximum atomic E-state index is 4.70. The van der Waals surface area contributed by atoms with Gasteiger partial charge in [-0.15, -0.1) is 0 Å². The molecule has 1 aromatic heterocycles. The first-order valence-electron chi connectivity index (χ1n) is 7.29. The van der Waals surface area contributed by atoms with Gasteiger partial charge in [0.15, 0.2) is 0 Å². The van der Waals surface area contributed by atoms with Crippen molar-refractivity contribution in [2.45, 2.75) is 33.1 Å². The zero-order valence-electron chi connectivity index (χ0n) is 12.3. The summed E-state index contributed by atoms with van der Waals surface area (Å²) in [5, 5.41) is 3.49. The summed E-state index contributed by atoms with van der Waals surface area (Å²) in [4.78, 5) is 4.70. The average Bonchev–Trinajstić information content (AvgIpc) is 2.71. The Morgan fingerprint density at radius 3 is 2.74 bits per heavy atom. The molecule has 0 unspecified atom stereocenters. The fraction of sp³-hybridized carbons (Fsp3) is 0.562. The van der Waals surface area contributed by atoms with Crippen LogP contribution in [0.15, 0.2) is 24.3 Å². The van der Waals surface area contributed by atoms with Crippen LogP contribution in [0.5, 0.6) is 0 Å². The van der Waals surface area contributed by atoms with E-state index in [1.165, 1.54) is 24.2 Å². The van der Waals surface area contributed by atoms with Crippen LogP contribution >= 0.6 is 0 Å². The van der Waals surface area contributed by atoms with Gasteiger partial charge in [-0.25, -0.2) is 4.98 Å². The van der Waals surface area contributed by atoms with Crippen LogP contribution in [0.25, 0.3) is 11.0 Å². The van der Waals surface area contributed by atoms with Gasteiger partial charge in [-0.2, -0.15) is 0 Å². The Hall–Kier alpha value is -1.35. The molecule has 2 aromatic rings. The molecule has 0 aliphatic rings. The fourth-order valence-corrected chi connectivity index (χ4v) is 2.34. The van der Waals surface area contributed by atoms with Gasteiger partial charge in [-0.3, -0.25) is 0 Å². The van der Waals surface area contributed by atoms with Crippen molar-refractivity contribution >= 4 is 11.0 Å². The molecule has 0 saturated carbocycles. The number of unbranched alkanes of at least 4 members (excludes halogenated alkanes) is 1. The first-order chi connectivity index (χ1) is 9.18. The molecule has 3 nitrogen and oxygen atoms in total. The van der Waals surface area contributed by atoms with E-state index in [0.717, 1.165) is 30.9 Å². The molecule has 0 spiro atoms. The SMILES string of the molecule is CC(C)CNCCCCc1nc2ccccc2n1C. The third kappa shape index (κ3) is 3.80. The van der Waals surface area contributed by atoms with Gasteiger partial charge in [0.1, 0.15) is 5.82 Å². The normalized spacial score (nSPS) is 11.6. The number of benzene rings is 1. The van der Waals surface area contributed by atoms with Gasteiger partial charge in [-0.05, 0) is 44.0 Å². The van der Waals surface area contributed by atoms with Crippen LogP contribution in [0.4, 0.5) is 0 Å². The second kappa shape index (κ2) is 6.71. The van der Waals surface area contributed by atoms with Crippen molar-refractivity contribution in [2.75, 3.05) is 13.1 Å². The molecule has 2 rings (SSSR count). The number of para-hydroxylation sites is 2. The number of hydrogen-bond acceptors (Lipinski definition) is 2. The molecule has 0 aliphatic carbocycles. The molecule has 0 fully saturated rings. The second-order valence-electron chi connectivity index (χ2n) is 5.63. The Kier molecular flexibility index (Phi) is 4.97. The first-order valence-corrected chi connectivity index (χ1v) is 7.29. The minimum Gasteiger partial charge on any atom is -0.331 e. The Labute approximate surface area is 116 Å². The summed E-state index contributed by atoms with van der Waals surface area (Å²) < 4.78 is 2.22. The first kappa shape index (κ1) is 14.1. The number of aromatic nitrogens is 2. The molecule has 0 radical (unpaired) electrons. The zero-order valence-corrected chi connectivity index (χ0v) is 12.3. The van der Waals surface area contributed by atoms with E-state index in [0.29, 0.717) is 0 Å². The van der Waals surface area contributed by atoms with Crippen molar-refractivity contribution < 1.29 is 0 Å². The number of nitrogens with one attached hydrogen (secondary N) is 1. The van der Waals surface area contributed by atoms with E-state index in [2.05, 4.69) is 55.0 Å². The van der Waals surface area contributed by atoms with Crippen LogP contribution in [-0.2, 0) is 13.5 Å². The van der Waals surface area contributed by atoms with E-state index in [9.17, 15) is 0 Å². The highest BCUT2D eigenvalue weighted by Gasteiger charge is 2.06. The molecule has 1 N–H and O–H groups in total. The lowest BCUT2D eigenvalue weighted by molar-refractivity contribution is 0.533. The van der Waals surface area contributed by atoms with E-state index in [4.69, 9.17) is 4.98 Å². The minimum atomic E-state index is 0.736. The number of rotatable bonds is 7. The predicted octanol–water partition coefficient (Wildman–Crippen LogP) is 3.14. The van der Waals surface area contributed by atoms with E-state index in [1.54, 1.807) is 0 Å². The highest BCUT2D eigenvalue weighted by atomic mass is 15.1. The summed E-state index contributed by atoms with van der Waals surface area (Å²) in [5.74, 6) is 1.94. The number of nitrogens with zero attached hydrogens (tertiary/aromatic N) is 2. The molecular weight excluding hydrogens is 234 g/mol. The highest BCUT2D eigenvalue weighted by molar-refractivity contribution is 5.75. The summed E-state index contributed by atoms with van der Waals surface area (Å²) in [6.45, 7) is 6.72. The summed E-state index contributed by atoms with van der Waals surface area (Å²) in [7, 11) is 2.11. The van der Waals surface area contributed by atoms with Crippen molar-refractivity contribution in [3.63, 3.8) is 0 Å². The van der Waals surface area contributed by atoms with Crippen molar-refractivity contribution in [1.82, 2.24) is 14.9 Å². The molecule has 19 heavy (non-hydrogen) atoms. The number of hydrogen-bond donors (Lipinski definition) is 1. The van der Waals surface area contributed by atoms with Crippen LogP contribution in [0, 0.1) is 5.92 Å². The van der Waals surface area contributed by atoms with Crippen molar-refractivity contribution in [2.24, 2.45) is 13.0 Å². The van der Waals surface area contributed by atoms with Gasteiger partial charge in [0.25, 0.3) is 0 Å². The Bertz CT molecular complexity index is 514. The minimum absolute atomic E-state index is 0.736. The van der Waals surface area contributed by atoms with E-state index in [1.807, 2.05) is 0 Å². The molecule has 3 heteroatoms. The quantitative estimate of drug-likeness (QED) is 0.774. The van der Waals surface area contributed by atoms with Crippen molar-refractivity contribution in [3.8, 4) is 0 Å². The number of fused-ring (bicyclic) bond motifs is 1. The third-order valence-corrected chi connectivity index (χ3v) is 3.44. The van der Waals surface area contributed by atoms with E-state index < -0.39 is 0 Å². The maximum absolute atomic E-state index is 4.70. The molecule has 0 bridgehead atoms. The molecule has 1 heterocycles. The second-order valence-corrected chi connectivity index (χ2v) is 5.63. The van der Waals surface area contributed by atoms with Gasteiger partial charge in [-0.1, -0.05) is 26.0 Å². The van der Waals surface area contributed by atoms with E-state index >= 15 is 0 Å². The number of aryl methyl sites for hydroxylation is 2. The van der Waals surface area contributed by atoms with E-state index in [-0.39, 0.29) is 0 Å². The van der Waals surface area contributed by atoms with Crippen LogP contribution in [0.2, 0.25) is 0 Å². The van der Waals surface area contributed by atoms with Crippen LogP contribution in [0.3, 0.4) is 0 Å². The topological polar surface area (TPSA) is 29.9 Å². The van der Waals surface area contributed by atoms with Gasteiger partial charge >= 0.3 is 0 Å². The largest absolute Gasteiger partial charge is 0.331 e. The number of imidazole rings is 1. The van der Waals surface area contributed by atoms with Gasteiger partial charge in [0, 0.05) is 13.5 Å². The van der Waals surface area contributed by atoms with Crippen molar-refractivity contribution in [3.05, 3.63) is 30.1 Å². The summed E-state index contributed by atoms with van der Waals surface area (Å²) >= 11 is 0. The van der Waals surface area contributed by atoms with Crippen LogP contribution in [-0.4, -0.2) is 22.6 Å². The third-order valence-electron chi connectivity index (χ3n) is 3.44. The summed E-state index contributed by atoms with van der Waals surface area (Å²) in [5.41, 5.74) is 2.34. The average molecular weight is 259 g/mol. The van der Waals surface area contributed by atoms with Crippen LogP contribution < -0.4 is 5.32 Å². The van der Waals surface area contributed by atoms with Gasteiger partial charge in [0.2, 0.25) is 0 Å². The van der Waals surface area contributed by atoms with Crippen molar-refractivity contribution in [1.29, 1.82) is 0 Å². The molecule has 1 aromatic carbocycles. The highest BCUT2D eigenvalue weighted by Crippen LogP contribution is 2.15. The molecule has 0 atom stereocenters. The predicted molar refractivity (Wildman–Crippen MR) is 81.4 cm³/mol. The smallest absolute Gasteiger partial charge is 0.109 e. The molecule has 104 valence electrons. The Morgan fingerprint density at radius 1 is 1.21 bits per heavy atom. The summed E-state index contributed by atoms with van der Waals surface area (Å²) in [6, 6.07) is 8.34. The molecular formula is C16H25N3. The van der Waals surface area contributed by atoms with Gasteiger partial charge in [0.05, 0.1) is 11.0 Å². The van der Waals surface area contributed by atoms with Crippen LogP contribution in [0.1, 0.15) is 32.5 Å². The zero-order chi connectivity index (χ0) is 13.7. The standard InChI is InChI=1S/C16H25N3/c1-13(2)12-17-11-7-6-10-16-18-14-8-4-5-9-15(14)19(16)3/h4-5,8-9,13,17H,6-7,10-12H2,1-3H3. The lowest BCUT2D eigenvalue weighted by atomic mass is 10.2. The molecule has 0 saturated heterocycles. The molecule has 0 amide bonds. The lowest BCUT2D eigenvalue weighted by Crippen LogP contribution is -2.20. The Balaban J connectivity index is 1.80. The molecule has 0 aliphatic heterocycles. The Morgan fingerprint density at radius 2 is 2.00 bits per heavy atom.